The van der Waals surface area contributed by atoms with Crippen LogP contribution in [0, 0.1) is 22.9 Å². The minimum absolute atomic E-state index is 0.0510. The molecule has 0 radical (unpaired) electrons. The van der Waals surface area contributed by atoms with Gasteiger partial charge < -0.3 is 10.6 Å². The number of hydrogen-bond acceptors (Lipinski definition) is 4. The van der Waals surface area contributed by atoms with Crippen LogP contribution in [0.15, 0.2) is 12.1 Å². The molecule has 1 unspecified atom stereocenters. The van der Waals surface area contributed by atoms with E-state index in [0.29, 0.717) is 6.07 Å². The Labute approximate surface area is 142 Å². The summed E-state index contributed by atoms with van der Waals surface area (Å²) in [6, 6.07) is 0.873. The molecule has 1 aromatic carbocycles. The molecule has 6 nitrogen and oxygen atoms in total. The summed E-state index contributed by atoms with van der Waals surface area (Å²) in [7, 11) is -3.21. The number of carbonyl (C=O) groups is 2. The first-order chi connectivity index (χ1) is 11.4. The zero-order valence-corrected chi connectivity index (χ0v) is 14.3. The third kappa shape index (κ3) is 4.12. The molecule has 1 aromatic rings. The van der Waals surface area contributed by atoms with E-state index in [1.807, 2.05) is 5.32 Å². The molecule has 2 N–H and O–H groups in total. The Bertz CT molecular complexity index is 824. The van der Waals surface area contributed by atoms with Gasteiger partial charge in [0, 0.05) is 6.04 Å². The summed E-state index contributed by atoms with van der Waals surface area (Å²) >= 11 is 0. The van der Waals surface area contributed by atoms with Gasteiger partial charge >= 0.3 is 0 Å². The standard InChI is InChI=1S/C15H17F3N2O4S/c1-15(2,13(21)19-8-5-6-25(23,24)7-8)14(22)20-10-4-3-9(16)11(17)12(10)18/h3-4,8H,5-7H2,1-2H3,(H,19,21)(H,20,22). The number of benzene rings is 1. The van der Waals surface area contributed by atoms with Gasteiger partial charge in [-0.3, -0.25) is 9.59 Å². The van der Waals surface area contributed by atoms with Crippen LogP contribution in [-0.2, 0) is 19.4 Å². The van der Waals surface area contributed by atoms with Gasteiger partial charge in [-0.2, -0.15) is 0 Å². The van der Waals surface area contributed by atoms with E-state index in [-0.39, 0.29) is 17.9 Å². The molecule has 0 saturated carbocycles. The SMILES string of the molecule is CC(C)(C(=O)Nc1ccc(F)c(F)c1F)C(=O)NC1CCS(=O)(=O)C1. The Morgan fingerprint density at radius 1 is 1.12 bits per heavy atom. The van der Waals surface area contributed by atoms with Crippen molar-refractivity contribution in [1.82, 2.24) is 5.32 Å². The van der Waals surface area contributed by atoms with E-state index < -0.39 is 56.2 Å². The van der Waals surface area contributed by atoms with Crippen LogP contribution in [0.25, 0.3) is 0 Å². The molecular weight excluding hydrogens is 361 g/mol. The fourth-order valence-corrected chi connectivity index (χ4v) is 3.95. The second-order valence-electron chi connectivity index (χ2n) is 6.38. The number of anilines is 1. The molecule has 2 rings (SSSR count). The van der Waals surface area contributed by atoms with Crippen LogP contribution in [0.4, 0.5) is 18.9 Å². The third-order valence-corrected chi connectivity index (χ3v) is 5.75. The third-order valence-electron chi connectivity index (χ3n) is 3.99. The van der Waals surface area contributed by atoms with E-state index in [9.17, 15) is 31.2 Å². The van der Waals surface area contributed by atoms with Crippen molar-refractivity contribution in [3.05, 3.63) is 29.6 Å². The van der Waals surface area contributed by atoms with Crippen molar-refractivity contribution in [3.8, 4) is 0 Å². The van der Waals surface area contributed by atoms with Crippen molar-refractivity contribution < 1.29 is 31.2 Å². The fourth-order valence-electron chi connectivity index (χ4n) is 2.28. The first-order valence-corrected chi connectivity index (χ1v) is 9.22. The van der Waals surface area contributed by atoms with Crippen molar-refractivity contribution in [1.29, 1.82) is 0 Å². The molecule has 1 fully saturated rings. The summed E-state index contributed by atoms with van der Waals surface area (Å²) in [4.78, 5) is 24.5. The number of nitrogens with one attached hydrogen (secondary N) is 2. The Hall–Kier alpha value is -2.10. The highest BCUT2D eigenvalue weighted by Gasteiger charge is 2.39. The van der Waals surface area contributed by atoms with Gasteiger partial charge in [0.25, 0.3) is 0 Å². The highest BCUT2D eigenvalue weighted by molar-refractivity contribution is 7.91. The molecule has 1 atom stereocenters. The molecule has 0 aliphatic carbocycles. The minimum atomic E-state index is -3.21. The zero-order valence-electron chi connectivity index (χ0n) is 13.5. The summed E-state index contributed by atoms with van der Waals surface area (Å²) < 4.78 is 62.6. The van der Waals surface area contributed by atoms with Crippen molar-refractivity contribution in [2.45, 2.75) is 26.3 Å². The van der Waals surface area contributed by atoms with Gasteiger partial charge in [0.05, 0.1) is 17.2 Å². The van der Waals surface area contributed by atoms with Crippen molar-refractivity contribution in [2.75, 3.05) is 16.8 Å². The fraction of sp³-hybridized carbons (Fsp3) is 0.467. The average Bonchev–Trinajstić information content (AvgIpc) is 2.86. The lowest BCUT2D eigenvalue weighted by Crippen LogP contribution is -2.49. The van der Waals surface area contributed by atoms with E-state index in [1.54, 1.807) is 0 Å². The smallest absolute Gasteiger partial charge is 0.239 e. The van der Waals surface area contributed by atoms with Crippen molar-refractivity contribution in [3.63, 3.8) is 0 Å². The molecule has 0 bridgehead atoms. The second kappa shape index (κ2) is 6.66. The van der Waals surface area contributed by atoms with Crippen LogP contribution in [0.1, 0.15) is 20.3 Å². The van der Waals surface area contributed by atoms with E-state index >= 15 is 0 Å². The minimum Gasteiger partial charge on any atom is -0.351 e. The van der Waals surface area contributed by atoms with Gasteiger partial charge in [-0.25, -0.2) is 21.6 Å². The molecule has 0 aromatic heterocycles. The molecule has 25 heavy (non-hydrogen) atoms. The van der Waals surface area contributed by atoms with Crippen LogP contribution in [0.5, 0.6) is 0 Å². The van der Waals surface area contributed by atoms with Gasteiger partial charge in [-0.05, 0) is 32.4 Å². The second-order valence-corrected chi connectivity index (χ2v) is 8.60. The van der Waals surface area contributed by atoms with Crippen LogP contribution in [0.3, 0.4) is 0 Å². The van der Waals surface area contributed by atoms with Gasteiger partial charge in [-0.15, -0.1) is 0 Å². The summed E-state index contributed by atoms with van der Waals surface area (Å²) in [6.45, 7) is 2.50. The van der Waals surface area contributed by atoms with Gasteiger partial charge in [0.1, 0.15) is 5.41 Å². The predicted molar refractivity (Wildman–Crippen MR) is 83.9 cm³/mol. The number of hydrogen-bond donors (Lipinski definition) is 2. The maximum atomic E-state index is 13.6. The molecule has 1 aliphatic rings. The normalized spacial score (nSPS) is 19.5. The van der Waals surface area contributed by atoms with Crippen LogP contribution >= 0.6 is 0 Å². The number of rotatable bonds is 4. The molecule has 10 heteroatoms. The lowest BCUT2D eigenvalue weighted by Gasteiger charge is -2.24. The monoisotopic (exact) mass is 378 g/mol. The average molecular weight is 378 g/mol. The number of sulfone groups is 1. The van der Waals surface area contributed by atoms with E-state index in [0.717, 1.165) is 6.07 Å². The quantitative estimate of drug-likeness (QED) is 0.611. The summed E-state index contributed by atoms with van der Waals surface area (Å²) in [5.41, 5.74) is -2.29. The maximum Gasteiger partial charge on any atom is 0.239 e. The van der Waals surface area contributed by atoms with Crippen molar-refractivity contribution >= 4 is 27.3 Å². The molecule has 1 saturated heterocycles. The lowest BCUT2D eigenvalue weighted by molar-refractivity contribution is -0.138. The molecule has 1 heterocycles. The Morgan fingerprint density at radius 3 is 2.32 bits per heavy atom. The topological polar surface area (TPSA) is 92.3 Å². The summed E-state index contributed by atoms with van der Waals surface area (Å²) in [6.07, 6.45) is 0.240. The number of carbonyl (C=O) groups excluding carboxylic acids is 2. The van der Waals surface area contributed by atoms with Gasteiger partial charge in [-0.1, -0.05) is 0 Å². The Morgan fingerprint density at radius 2 is 1.76 bits per heavy atom. The lowest BCUT2D eigenvalue weighted by atomic mass is 9.90. The van der Waals surface area contributed by atoms with E-state index in [1.165, 1.54) is 13.8 Å². The van der Waals surface area contributed by atoms with Crippen molar-refractivity contribution in [2.24, 2.45) is 5.41 Å². The first kappa shape index (κ1) is 19.2. The highest BCUT2D eigenvalue weighted by Crippen LogP contribution is 2.24. The van der Waals surface area contributed by atoms with Gasteiger partial charge in [0.2, 0.25) is 11.8 Å². The predicted octanol–water partition coefficient (Wildman–Crippen LogP) is 1.37. The summed E-state index contributed by atoms with van der Waals surface area (Å²) in [5, 5.41) is 4.51. The zero-order chi connectivity index (χ0) is 19.0. The van der Waals surface area contributed by atoms with Gasteiger partial charge in [0.15, 0.2) is 27.3 Å². The molecule has 1 aliphatic heterocycles. The van der Waals surface area contributed by atoms with Crippen LogP contribution in [-0.4, -0.2) is 37.8 Å². The Kier molecular flexibility index (Phi) is 5.12. The first-order valence-electron chi connectivity index (χ1n) is 7.40. The summed E-state index contributed by atoms with van der Waals surface area (Å²) in [5.74, 6) is -6.69. The van der Waals surface area contributed by atoms with Crippen LogP contribution < -0.4 is 10.6 Å². The van der Waals surface area contributed by atoms with E-state index in [2.05, 4.69) is 5.32 Å². The highest BCUT2D eigenvalue weighted by atomic mass is 32.2. The molecule has 0 spiro atoms. The molecule has 2 amide bonds. The largest absolute Gasteiger partial charge is 0.351 e. The Balaban J connectivity index is 2.09. The molecular formula is C15H17F3N2O4S. The molecule has 138 valence electrons. The van der Waals surface area contributed by atoms with E-state index in [4.69, 9.17) is 0 Å². The number of amides is 2. The van der Waals surface area contributed by atoms with Crippen LogP contribution in [0.2, 0.25) is 0 Å². The number of halogens is 3. The maximum absolute atomic E-state index is 13.6.